The van der Waals surface area contributed by atoms with E-state index in [-0.39, 0.29) is 10.0 Å². The SMILES string of the molecule is O=C(O)C1(c2cc3c(c(Br)c2F)OCCO3)CCCC1. The van der Waals surface area contributed by atoms with Crippen LogP contribution < -0.4 is 9.47 Å². The standard InChI is InChI=1S/C14H14BrFO4/c15-10-11(16)8(7-9-12(10)20-6-5-19-9)14(13(17)18)3-1-2-4-14/h7H,1-6H2,(H,17,18). The summed E-state index contributed by atoms with van der Waals surface area (Å²) >= 11 is 3.16. The minimum atomic E-state index is -1.15. The van der Waals surface area contributed by atoms with E-state index in [1.165, 1.54) is 6.07 Å². The number of carboxylic acids is 1. The monoisotopic (exact) mass is 344 g/mol. The van der Waals surface area contributed by atoms with Crippen LogP contribution in [0.1, 0.15) is 31.2 Å². The number of rotatable bonds is 2. The average Bonchev–Trinajstić information content (AvgIpc) is 2.93. The zero-order chi connectivity index (χ0) is 14.3. The molecule has 1 saturated carbocycles. The third kappa shape index (κ3) is 1.89. The van der Waals surface area contributed by atoms with E-state index in [4.69, 9.17) is 9.47 Å². The molecule has 4 nitrogen and oxygen atoms in total. The van der Waals surface area contributed by atoms with Crippen LogP contribution in [0, 0.1) is 5.82 Å². The van der Waals surface area contributed by atoms with Crippen LogP contribution in [0.2, 0.25) is 0 Å². The first-order chi connectivity index (χ1) is 9.56. The normalized spacial score (nSPS) is 19.9. The van der Waals surface area contributed by atoms with Gasteiger partial charge in [-0.25, -0.2) is 4.39 Å². The van der Waals surface area contributed by atoms with Gasteiger partial charge in [0.2, 0.25) is 0 Å². The van der Waals surface area contributed by atoms with E-state index in [1.54, 1.807) is 0 Å². The minimum Gasteiger partial charge on any atom is -0.486 e. The summed E-state index contributed by atoms with van der Waals surface area (Å²) in [6.45, 7) is 0.735. The number of carbonyl (C=O) groups is 1. The van der Waals surface area contributed by atoms with Gasteiger partial charge in [0.15, 0.2) is 11.5 Å². The molecule has 108 valence electrons. The molecule has 1 heterocycles. The van der Waals surface area contributed by atoms with Crippen LogP contribution in [0.15, 0.2) is 10.5 Å². The van der Waals surface area contributed by atoms with Crippen molar-refractivity contribution in [1.82, 2.24) is 0 Å². The van der Waals surface area contributed by atoms with Gasteiger partial charge in [0.05, 0.1) is 9.89 Å². The molecule has 1 aromatic rings. The number of aliphatic carboxylic acids is 1. The summed E-state index contributed by atoms with van der Waals surface area (Å²) in [6.07, 6.45) is 2.48. The highest BCUT2D eigenvalue weighted by Crippen LogP contribution is 2.48. The summed E-state index contributed by atoms with van der Waals surface area (Å²) in [5, 5.41) is 9.58. The molecular weight excluding hydrogens is 331 g/mol. The van der Waals surface area contributed by atoms with Crippen LogP contribution in [0.5, 0.6) is 11.5 Å². The number of carboxylic acid groups (broad SMARTS) is 1. The molecule has 0 aromatic heterocycles. The second-order valence-corrected chi connectivity index (χ2v) is 5.96. The summed E-state index contributed by atoms with van der Waals surface area (Å²) in [5.41, 5.74) is -0.957. The zero-order valence-electron chi connectivity index (χ0n) is 10.7. The topological polar surface area (TPSA) is 55.8 Å². The first-order valence-electron chi connectivity index (χ1n) is 6.58. The molecule has 1 aliphatic heterocycles. The number of hydrogen-bond donors (Lipinski definition) is 1. The lowest BCUT2D eigenvalue weighted by molar-refractivity contribution is -0.143. The molecule has 2 aliphatic rings. The minimum absolute atomic E-state index is 0.150. The van der Waals surface area contributed by atoms with Gasteiger partial charge in [-0.15, -0.1) is 0 Å². The predicted octanol–water partition coefficient (Wildman–Crippen LogP) is 3.26. The summed E-state index contributed by atoms with van der Waals surface area (Å²) in [7, 11) is 0. The van der Waals surface area contributed by atoms with E-state index in [0.717, 1.165) is 12.8 Å². The van der Waals surface area contributed by atoms with Crippen molar-refractivity contribution < 1.29 is 23.8 Å². The number of hydrogen-bond acceptors (Lipinski definition) is 3. The van der Waals surface area contributed by atoms with Crippen molar-refractivity contribution in [1.29, 1.82) is 0 Å². The molecule has 0 saturated heterocycles. The van der Waals surface area contributed by atoms with Gasteiger partial charge in [0.25, 0.3) is 0 Å². The van der Waals surface area contributed by atoms with E-state index in [2.05, 4.69) is 15.9 Å². The van der Waals surface area contributed by atoms with E-state index >= 15 is 0 Å². The van der Waals surface area contributed by atoms with Crippen molar-refractivity contribution in [2.75, 3.05) is 13.2 Å². The summed E-state index contributed by atoms with van der Waals surface area (Å²) in [5.74, 6) is -0.806. The van der Waals surface area contributed by atoms with Gasteiger partial charge >= 0.3 is 5.97 Å². The molecule has 1 fully saturated rings. The van der Waals surface area contributed by atoms with Crippen LogP contribution >= 0.6 is 15.9 Å². The fraction of sp³-hybridized carbons (Fsp3) is 0.500. The average molecular weight is 345 g/mol. The fourth-order valence-electron chi connectivity index (χ4n) is 3.05. The highest BCUT2D eigenvalue weighted by molar-refractivity contribution is 9.10. The Kier molecular flexibility index (Phi) is 3.36. The molecule has 0 bridgehead atoms. The lowest BCUT2D eigenvalue weighted by Gasteiger charge is -2.28. The molecule has 0 radical (unpaired) electrons. The van der Waals surface area contributed by atoms with Crippen molar-refractivity contribution in [3.8, 4) is 11.5 Å². The maximum atomic E-state index is 14.6. The first-order valence-corrected chi connectivity index (χ1v) is 7.37. The van der Waals surface area contributed by atoms with Gasteiger partial charge in [0, 0.05) is 5.56 Å². The van der Waals surface area contributed by atoms with Crippen molar-refractivity contribution in [2.45, 2.75) is 31.1 Å². The van der Waals surface area contributed by atoms with E-state index in [9.17, 15) is 14.3 Å². The molecule has 1 N–H and O–H groups in total. The molecule has 0 spiro atoms. The highest BCUT2D eigenvalue weighted by Gasteiger charge is 2.46. The van der Waals surface area contributed by atoms with Crippen LogP contribution in [0.25, 0.3) is 0 Å². The van der Waals surface area contributed by atoms with Crippen LogP contribution in [-0.2, 0) is 10.2 Å². The van der Waals surface area contributed by atoms with E-state index < -0.39 is 17.2 Å². The van der Waals surface area contributed by atoms with Crippen molar-refractivity contribution in [2.24, 2.45) is 0 Å². The quantitative estimate of drug-likeness (QED) is 0.894. The van der Waals surface area contributed by atoms with Crippen LogP contribution in [-0.4, -0.2) is 24.3 Å². The molecule has 1 aliphatic carbocycles. The molecule has 0 atom stereocenters. The van der Waals surface area contributed by atoms with Gasteiger partial charge < -0.3 is 14.6 Å². The molecule has 0 amide bonds. The Morgan fingerprint density at radius 1 is 1.30 bits per heavy atom. The smallest absolute Gasteiger partial charge is 0.314 e. The zero-order valence-corrected chi connectivity index (χ0v) is 12.3. The molecule has 3 rings (SSSR count). The second kappa shape index (κ2) is 4.91. The van der Waals surface area contributed by atoms with Crippen LogP contribution in [0.3, 0.4) is 0 Å². The lowest BCUT2D eigenvalue weighted by Crippen LogP contribution is -2.34. The molecule has 20 heavy (non-hydrogen) atoms. The van der Waals surface area contributed by atoms with E-state index in [1.807, 2.05) is 0 Å². The molecule has 6 heteroatoms. The largest absolute Gasteiger partial charge is 0.486 e. The maximum Gasteiger partial charge on any atom is 0.314 e. The summed E-state index contributed by atoms with van der Waals surface area (Å²) in [4.78, 5) is 11.7. The third-order valence-electron chi connectivity index (χ3n) is 4.10. The lowest BCUT2D eigenvalue weighted by atomic mass is 9.78. The van der Waals surface area contributed by atoms with Gasteiger partial charge in [-0.3, -0.25) is 4.79 Å². The van der Waals surface area contributed by atoms with Gasteiger partial charge in [0.1, 0.15) is 19.0 Å². The van der Waals surface area contributed by atoms with E-state index in [0.29, 0.717) is 37.6 Å². The Hall–Kier alpha value is -1.30. The van der Waals surface area contributed by atoms with Crippen molar-refractivity contribution in [3.05, 3.63) is 21.9 Å². The van der Waals surface area contributed by atoms with Gasteiger partial charge in [-0.2, -0.15) is 0 Å². The molecular formula is C14H14BrFO4. The Morgan fingerprint density at radius 3 is 2.60 bits per heavy atom. The Balaban J connectivity index is 2.18. The predicted molar refractivity (Wildman–Crippen MR) is 72.9 cm³/mol. The second-order valence-electron chi connectivity index (χ2n) is 5.17. The molecule has 0 unspecified atom stereocenters. The Labute approximate surface area is 124 Å². The Morgan fingerprint density at radius 2 is 1.95 bits per heavy atom. The highest BCUT2D eigenvalue weighted by atomic mass is 79.9. The summed E-state index contributed by atoms with van der Waals surface area (Å²) in [6, 6.07) is 1.49. The number of halogens is 2. The molecule has 1 aromatic carbocycles. The number of fused-ring (bicyclic) bond motifs is 1. The third-order valence-corrected chi connectivity index (χ3v) is 4.81. The summed E-state index contributed by atoms with van der Waals surface area (Å²) < 4.78 is 25.6. The Bertz CT molecular complexity index is 567. The number of benzene rings is 1. The maximum absolute atomic E-state index is 14.6. The number of ether oxygens (including phenoxy) is 2. The van der Waals surface area contributed by atoms with Crippen molar-refractivity contribution in [3.63, 3.8) is 0 Å². The van der Waals surface area contributed by atoms with Crippen molar-refractivity contribution >= 4 is 21.9 Å². The van der Waals surface area contributed by atoms with Gasteiger partial charge in [-0.1, -0.05) is 12.8 Å². The first kappa shape index (κ1) is 13.7. The van der Waals surface area contributed by atoms with Crippen LogP contribution in [0.4, 0.5) is 4.39 Å². The van der Waals surface area contributed by atoms with Gasteiger partial charge in [-0.05, 0) is 34.8 Å². The fourth-order valence-corrected chi connectivity index (χ4v) is 3.57.